The zero-order valence-electron chi connectivity index (χ0n) is 17.8. The minimum Gasteiger partial charge on any atom is -0.493 e. The Morgan fingerprint density at radius 1 is 1.21 bits per heavy atom. The molecule has 1 N–H and O–H groups in total. The summed E-state index contributed by atoms with van der Waals surface area (Å²) < 4.78 is 11.6. The van der Waals surface area contributed by atoms with E-state index in [-0.39, 0.29) is 6.61 Å². The molecule has 0 unspecified atom stereocenters. The molecule has 2 aromatic rings. The molecule has 0 spiro atoms. The summed E-state index contributed by atoms with van der Waals surface area (Å²) in [5, 5.41) is 15.2. The lowest BCUT2D eigenvalue weighted by molar-refractivity contribution is 0.194. The van der Waals surface area contributed by atoms with Crippen molar-refractivity contribution in [1.82, 2.24) is 10.1 Å². The molecular weight excluding hydrogens is 364 g/mol. The number of aliphatic hydroxyl groups is 1. The molecule has 0 radical (unpaired) electrons. The number of piperidine rings is 1. The van der Waals surface area contributed by atoms with Crippen molar-refractivity contribution in [2.75, 3.05) is 26.2 Å². The Morgan fingerprint density at radius 2 is 2.00 bits per heavy atom. The maximum absolute atomic E-state index is 9.87. The lowest BCUT2D eigenvalue weighted by Gasteiger charge is -2.31. The normalized spacial score (nSPS) is 18.3. The highest BCUT2D eigenvalue weighted by atomic mass is 16.5. The van der Waals surface area contributed by atoms with Crippen LogP contribution in [0.25, 0.3) is 11.0 Å². The summed E-state index contributed by atoms with van der Waals surface area (Å²) >= 11 is 0. The van der Waals surface area contributed by atoms with Crippen LogP contribution in [-0.4, -0.2) is 41.4 Å². The van der Waals surface area contributed by atoms with E-state index in [1.165, 1.54) is 44.3 Å². The van der Waals surface area contributed by atoms with Crippen LogP contribution >= 0.6 is 0 Å². The van der Waals surface area contributed by atoms with Gasteiger partial charge in [0.2, 0.25) is 0 Å². The summed E-state index contributed by atoms with van der Waals surface area (Å²) in [6, 6.07) is 4.02. The third-order valence-corrected chi connectivity index (χ3v) is 6.36. The van der Waals surface area contributed by atoms with E-state index < -0.39 is 0 Å². The number of hydrogen-bond donors (Lipinski definition) is 1. The molecule has 1 aliphatic heterocycles. The largest absolute Gasteiger partial charge is 0.493 e. The predicted octanol–water partition coefficient (Wildman–Crippen LogP) is 4.72. The number of likely N-dealkylation sites (tertiary alicyclic amines) is 1. The molecule has 1 saturated heterocycles. The molecular formula is C24H34N2O3. The van der Waals surface area contributed by atoms with Crippen molar-refractivity contribution in [2.45, 2.75) is 59.0 Å². The van der Waals surface area contributed by atoms with E-state index in [2.05, 4.69) is 30.0 Å². The Balaban J connectivity index is 1.34. The molecule has 0 bridgehead atoms. The number of nitrogens with zero attached hydrogens (tertiary/aromatic N) is 2. The van der Waals surface area contributed by atoms with Crippen molar-refractivity contribution in [2.24, 2.45) is 11.8 Å². The van der Waals surface area contributed by atoms with Gasteiger partial charge in [-0.25, -0.2) is 0 Å². The second kappa shape index (κ2) is 9.31. The standard InChI is InChI=1S/C24H34N2O3/c1-17(2)9-12-26-13-10-18(11-14-26)5-7-22-20-6-8-23(28-16-19-3-4-19)21(15-27)24(20)29-25-22/h6,8-9,18-19,27H,3-5,7,10-16H2,1-2H3. The zero-order chi connectivity index (χ0) is 20.2. The highest BCUT2D eigenvalue weighted by Gasteiger charge is 2.24. The van der Waals surface area contributed by atoms with Crippen LogP contribution in [0.4, 0.5) is 0 Å². The van der Waals surface area contributed by atoms with Crippen molar-refractivity contribution < 1.29 is 14.4 Å². The summed E-state index contributed by atoms with van der Waals surface area (Å²) in [6.45, 7) is 8.42. The van der Waals surface area contributed by atoms with Crippen LogP contribution in [0.1, 0.15) is 57.2 Å². The van der Waals surface area contributed by atoms with Crippen molar-refractivity contribution >= 4 is 11.0 Å². The van der Waals surface area contributed by atoms with Gasteiger partial charge in [-0.2, -0.15) is 0 Å². The Kier molecular flexibility index (Phi) is 6.56. The van der Waals surface area contributed by atoms with E-state index in [0.29, 0.717) is 11.5 Å². The van der Waals surface area contributed by atoms with Crippen LogP contribution in [-0.2, 0) is 13.0 Å². The minimum atomic E-state index is -0.0872. The highest BCUT2D eigenvalue weighted by Crippen LogP contribution is 2.34. The van der Waals surface area contributed by atoms with Crippen LogP contribution in [0.5, 0.6) is 5.75 Å². The van der Waals surface area contributed by atoms with Gasteiger partial charge in [0.15, 0.2) is 5.58 Å². The molecule has 1 aliphatic carbocycles. The fourth-order valence-electron chi connectivity index (χ4n) is 4.16. The molecule has 2 heterocycles. The molecule has 1 aromatic heterocycles. The number of allylic oxidation sites excluding steroid dienone is 1. The molecule has 5 nitrogen and oxygen atoms in total. The van der Waals surface area contributed by atoms with Crippen molar-refractivity contribution in [3.63, 3.8) is 0 Å². The maximum Gasteiger partial charge on any atom is 0.176 e. The number of fused-ring (bicyclic) bond motifs is 1. The van der Waals surface area contributed by atoms with Crippen molar-refractivity contribution in [3.05, 3.63) is 35.0 Å². The number of aromatic nitrogens is 1. The van der Waals surface area contributed by atoms with Gasteiger partial charge in [0.1, 0.15) is 5.75 Å². The summed E-state index contributed by atoms with van der Waals surface area (Å²) in [6.07, 6.45) is 9.41. The SMILES string of the molecule is CC(C)=CCN1CCC(CCc2noc3c(CO)c(OCC4CC4)ccc23)CC1. The average molecular weight is 399 g/mol. The first kappa shape index (κ1) is 20.4. The van der Waals surface area contributed by atoms with Crippen LogP contribution in [0.15, 0.2) is 28.3 Å². The summed E-state index contributed by atoms with van der Waals surface area (Å²) in [7, 11) is 0. The number of ether oxygens (including phenoxy) is 1. The maximum atomic E-state index is 9.87. The molecule has 5 heteroatoms. The summed E-state index contributed by atoms with van der Waals surface area (Å²) in [5.74, 6) is 2.16. The van der Waals surface area contributed by atoms with Gasteiger partial charge in [0.05, 0.1) is 24.5 Å². The van der Waals surface area contributed by atoms with Gasteiger partial charge in [0, 0.05) is 11.9 Å². The molecule has 1 aromatic carbocycles. The quantitative estimate of drug-likeness (QED) is 0.620. The molecule has 4 rings (SSSR count). The molecule has 1 saturated carbocycles. The second-order valence-electron chi connectivity index (χ2n) is 9.02. The third kappa shape index (κ3) is 5.20. The minimum absolute atomic E-state index is 0.0872. The lowest BCUT2D eigenvalue weighted by Crippen LogP contribution is -2.34. The Hall–Kier alpha value is -1.85. The van der Waals surface area contributed by atoms with Gasteiger partial charge in [0.25, 0.3) is 0 Å². The monoisotopic (exact) mass is 398 g/mol. The third-order valence-electron chi connectivity index (χ3n) is 6.36. The van der Waals surface area contributed by atoms with Gasteiger partial charge in [-0.3, -0.25) is 4.90 Å². The molecule has 0 atom stereocenters. The zero-order valence-corrected chi connectivity index (χ0v) is 17.8. The second-order valence-corrected chi connectivity index (χ2v) is 9.02. The van der Waals surface area contributed by atoms with Gasteiger partial charge in [-0.1, -0.05) is 16.8 Å². The highest BCUT2D eigenvalue weighted by molar-refractivity contribution is 5.84. The first-order valence-corrected chi connectivity index (χ1v) is 11.1. The molecule has 29 heavy (non-hydrogen) atoms. The van der Waals surface area contributed by atoms with Crippen LogP contribution < -0.4 is 4.74 Å². The summed E-state index contributed by atoms with van der Waals surface area (Å²) in [4.78, 5) is 2.55. The van der Waals surface area contributed by atoms with E-state index in [1.807, 2.05) is 12.1 Å². The first-order valence-electron chi connectivity index (χ1n) is 11.1. The Labute approximate surface area is 173 Å². The first-order chi connectivity index (χ1) is 14.1. The number of hydrogen-bond acceptors (Lipinski definition) is 5. The molecule has 2 aliphatic rings. The van der Waals surface area contributed by atoms with Crippen LogP contribution in [0.2, 0.25) is 0 Å². The van der Waals surface area contributed by atoms with E-state index in [1.54, 1.807) is 0 Å². The lowest BCUT2D eigenvalue weighted by atomic mass is 9.91. The Morgan fingerprint density at radius 3 is 2.69 bits per heavy atom. The van der Waals surface area contributed by atoms with Gasteiger partial charge in [-0.05, 0) is 89.4 Å². The Bertz CT molecular complexity index is 841. The fraction of sp³-hybridized carbons (Fsp3) is 0.625. The van der Waals surface area contributed by atoms with Crippen molar-refractivity contribution in [3.8, 4) is 5.75 Å². The average Bonchev–Trinajstić information content (AvgIpc) is 3.47. The van der Waals surface area contributed by atoms with Crippen LogP contribution in [0, 0.1) is 11.8 Å². The van der Waals surface area contributed by atoms with E-state index in [0.717, 1.165) is 54.3 Å². The fourth-order valence-corrected chi connectivity index (χ4v) is 4.16. The molecule has 2 fully saturated rings. The van der Waals surface area contributed by atoms with Gasteiger partial charge in [-0.15, -0.1) is 0 Å². The van der Waals surface area contributed by atoms with E-state index >= 15 is 0 Å². The number of aryl methyl sites for hydroxylation is 1. The summed E-state index contributed by atoms with van der Waals surface area (Å²) in [5.41, 5.74) is 3.82. The van der Waals surface area contributed by atoms with Gasteiger partial charge < -0.3 is 14.4 Å². The molecule has 158 valence electrons. The number of rotatable bonds is 9. The van der Waals surface area contributed by atoms with Gasteiger partial charge >= 0.3 is 0 Å². The number of aliphatic hydroxyl groups excluding tert-OH is 1. The number of benzene rings is 1. The van der Waals surface area contributed by atoms with E-state index in [9.17, 15) is 5.11 Å². The van der Waals surface area contributed by atoms with E-state index in [4.69, 9.17) is 9.26 Å². The topological polar surface area (TPSA) is 58.7 Å². The predicted molar refractivity (Wildman–Crippen MR) is 115 cm³/mol. The molecule has 0 amide bonds. The van der Waals surface area contributed by atoms with Crippen LogP contribution in [0.3, 0.4) is 0 Å². The van der Waals surface area contributed by atoms with Crippen molar-refractivity contribution in [1.29, 1.82) is 0 Å². The smallest absolute Gasteiger partial charge is 0.176 e.